The molecule has 0 aliphatic carbocycles. The van der Waals surface area contributed by atoms with E-state index in [-0.39, 0.29) is 66.9 Å². The molecule has 0 atom stereocenters. The van der Waals surface area contributed by atoms with Gasteiger partial charge in [0.15, 0.2) is 0 Å². The molecule has 0 unspecified atom stereocenters. The zero-order chi connectivity index (χ0) is 3.58. The number of hydrogen-bond donors (Lipinski definition) is 0. The fraction of sp³-hybridized carbons (Fsp3) is 0. The van der Waals surface area contributed by atoms with Crippen molar-refractivity contribution in [1.82, 2.24) is 0 Å². The van der Waals surface area contributed by atoms with Crippen LogP contribution in [0, 0.1) is 0 Å². The Bertz CT molecular complexity index is 33.1. The summed E-state index contributed by atoms with van der Waals surface area (Å²) < 4.78 is 0. The van der Waals surface area contributed by atoms with Crippen LogP contribution in [0.25, 0.3) is 0 Å². The molecule has 0 heterocycles. The zero-order valence-electron chi connectivity index (χ0n) is 6.43. The average molecular weight is 228 g/mol. The summed E-state index contributed by atoms with van der Waals surface area (Å²) in [5.74, 6) is 0. The van der Waals surface area contributed by atoms with E-state index in [1.54, 1.807) is 0 Å². The molecule has 0 aromatic rings. The fourth-order valence-corrected chi connectivity index (χ4v) is 0. The number of carbonyl (C=O) groups excluding carboxylic acids is 1. The largest absolute Gasteiger partial charge is 2.00 e. The topological polar surface area (TPSA) is 315 Å². The second-order valence-electron chi connectivity index (χ2n) is 0.250. The molecule has 12 heteroatoms. The summed E-state index contributed by atoms with van der Waals surface area (Å²) in [5, 5.41) is 16.7. The van der Waals surface area contributed by atoms with Gasteiger partial charge in [-0.25, -0.2) is 0 Å². The smallest absolute Gasteiger partial charge is 0.652 e. The van der Waals surface area contributed by atoms with E-state index in [9.17, 15) is 0 Å². The molecule has 0 saturated heterocycles. The van der Waals surface area contributed by atoms with Crippen molar-refractivity contribution in [2.45, 2.75) is 0 Å². The van der Waals surface area contributed by atoms with E-state index < -0.39 is 6.16 Å². The van der Waals surface area contributed by atoms with Crippen molar-refractivity contribution in [2.75, 3.05) is 0 Å². The van der Waals surface area contributed by atoms with Gasteiger partial charge >= 0.3 is 23.1 Å². The molecule has 88 valence electrons. The summed E-state index contributed by atoms with van der Waals surface area (Å²) in [5.41, 5.74) is 0. The van der Waals surface area contributed by atoms with E-state index in [0.29, 0.717) is 0 Å². The molecule has 0 aliphatic heterocycles. The van der Waals surface area contributed by atoms with Crippen LogP contribution in [0.1, 0.15) is 0 Å². The van der Waals surface area contributed by atoms with E-state index in [1.165, 1.54) is 0 Å². The first-order valence-electron chi connectivity index (χ1n) is 0.612. The Morgan fingerprint density at radius 3 is 0.615 bits per heavy atom. The van der Waals surface area contributed by atoms with Crippen LogP contribution in [0.3, 0.4) is 0 Å². The van der Waals surface area contributed by atoms with Gasteiger partial charge < -0.3 is 58.8 Å². The van der Waals surface area contributed by atoms with Crippen LogP contribution in [-0.4, -0.2) is 73.0 Å². The molecule has 0 aromatic heterocycles. The SMILES string of the molecule is O.O.O.O.O.O.O.O.O=C([O-])[O-].[Mg+2]. The summed E-state index contributed by atoms with van der Waals surface area (Å²) in [6.45, 7) is 0. The third kappa shape index (κ3) is 13700. The minimum absolute atomic E-state index is 0. The first-order valence-corrected chi connectivity index (χ1v) is 0.612. The predicted octanol–water partition coefficient (Wildman–Crippen LogP) is -9.43. The summed E-state index contributed by atoms with van der Waals surface area (Å²) in [4.78, 5) is 8.33. The van der Waals surface area contributed by atoms with Gasteiger partial charge in [-0.3, -0.25) is 0 Å². The van der Waals surface area contributed by atoms with Gasteiger partial charge in [0.1, 0.15) is 0 Å². The van der Waals surface area contributed by atoms with Crippen LogP contribution in [0.2, 0.25) is 0 Å². The van der Waals surface area contributed by atoms with Gasteiger partial charge in [-0.1, -0.05) is 0 Å². The van der Waals surface area contributed by atoms with Crippen LogP contribution >= 0.6 is 0 Å². The minimum Gasteiger partial charge on any atom is -0.652 e. The van der Waals surface area contributed by atoms with Crippen molar-refractivity contribution < 1.29 is 58.8 Å². The van der Waals surface area contributed by atoms with Gasteiger partial charge in [0.25, 0.3) is 0 Å². The molecule has 0 aliphatic rings. The van der Waals surface area contributed by atoms with Gasteiger partial charge in [0.2, 0.25) is 0 Å². The molecule has 0 aromatic carbocycles. The van der Waals surface area contributed by atoms with Gasteiger partial charge in [-0.05, 0) is 6.16 Å². The molecule has 0 amide bonds. The van der Waals surface area contributed by atoms with E-state index >= 15 is 0 Å². The molecule has 11 nitrogen and oxygen atoms in total. The maximum Gasteiger partial charge on any atom is 2.00 e. The van der Waals surface area contributed by atoms with Gasteiger partial charge in [-0.2, -0.15) is 0 Å². The quantitative estimate of drug-likeness (QED) is 0.364. The van der Waals surface area contributed by atoms with Crippen molar-refractivity contribution in [3.05, 3.63) is 0 Å². The third-order valence-electron chi connectivity index (χ3n) is 0. The van der Waals surface area contributed by atoms with Gasteiger partial charge in [0, 0.05) is 0 Å². The fourth-order valence-electron chi connectivity index (χ4n) is 0. The summed E-state index contributed by atoms with van der Waals surface area (Å²) in [7, 11) is 0. The van der Waals surface area contributed by atoms with Crippen LogP contribution < -0.4 is 10.2 Å². The van der Waals surface area contributed by atoms with Crippen LogP contribution in [0.15, 0.2) is 0 Å². The maximum atomic E-state index is 8.33. The molecule has 0 rings (SSSR count). The summed E-state index contributed by atoms with van der Waals surface area (Å²) in [6, 6.07) is 0. The number of rotatable bonds is 0. The molecule has 0 spiro atoms. The first-order chi connectivity index (χ1) is 1.73. The minimum atomic E-state index is -2.33. The van der Waals surface area contributed by atoms with Crippen molar-refractivity contribution in [1.29, 1.82) is 0 Å². The van der Waals surface area contributed by atoms with Crippen LogP contribution in [0.4, 0.5) is 4.79 Å². The van der Waals surface area contributed by atoms with Crippen molar-refractivity contribution in [2.24, 2.45) is 0 Å². The second-order valence-corrected chi connectivity index (χ2v) is 0.250. The Balaban J connectivity index is -0.00000000125. The number of carbonyl (C=O) groups is 1. The van der Waals surface area contributed by atoms with Crippen LogP contribution in [0.5, 0.6) is 0 Å². The molecule has 0 saturated carbocycles. The first kappa shape index (κ1) is 237. The number of hydrogen-bond acceptors (Lipinski definition) is 3. The monoisotopic (exact) mass is 228 g/mol. The Kier molecular flexibility index (Phi) is 3320. The molecule has 0 bridgehead atoms. The Morgan fingerprint density at radius 1 is 0.615 bits per heavy atom. The number of carboxylic acid groups (broad SMARTS) is 2. The second kappa shape index (κ2) is 182. The molecule has 16 N–H and O–H groups in total. The van der Waals surface area contributed by atoms with E-state index in [1.807, 2.05) is 0 Å². The van der Waals surface area contributed by atoms with Crippen LogP contribution in [-0.2, 0) is 0 Å². The Morgan fingerprint density at radius 2 is 0.615 bits per heavy atom. The Hall–Kier alpha value is -0.284. The molecular weight excluding hydrogens is 212 g/mol. The average Bonchev–Trinajstić information content (AvgIpc) is 0.811. The van der Waals surface area contributed by atoms with Crippen molar-refractivity contribution in [3.63, 3.8) is 0 Å². The van der Waals surface area contributed by atoms with E-state index in [4.69, 9.17) is 15.0 Å². The van der Waals surface area contributed by atoms with Crippen molar-refractivity contribution >= 4 is 29.2 Å². The third-order valence-corrected chi connectivity index (χ3v) is 0. The van der Waals surface area contributed by atoms with E-state index in [0.717, 1.165) is 0 Å². The summed E-state index contributed by atoms with van der Waals surface area (Å²) >= 11 is 0. The molecule has 13 heavy (non-hydrogen) atoms. The van der Waals surface area contributed by atoms with Gasteiger partial charge in [-0.15, -0.1) is 0 Å². The molecule has 0 radical (unpaired) electrons. The predicted molar refractivity (Wildman–Crippen MR) is 40.1 cm³/mol. The maximum absolute atomic E-state index is 8.33. The van der Waals surface area contributed by atoms with Gasteiger partial charge in [0.05, 0.1) is 0 Å². The summed E-state index contributed by atoms with van der Waals surface area (Å²) in [6.07, 6.45) is -2.33. The molecular formula is CH16MgO11. The standard InChI is InChI=1S/CH2O3.Mg.8H2O/c2-1(3)4;;;;;;;;;/h(H2,2,3,4);;8*1H2/q;+2;;;;;;;;/p-2. The normalized spacial score (nSPS) is 1.85. The Labute approximate surface area is 88.6 Å². The molecule has 0 fully saturated rings. The van der Waals surface area contributed by atoms with E-state index in [2.05, 4.69) is 0 Å². The zero-order valence-corrected chi connectivity index (χ0v) is 7.85. The van der Waals surface area contributed by atoms with Crippen molar-refractivity contribution in [3.8, 4) is 0 Å².